The van der Waals surface area contributed by atoms with E-state index in [0.29, 0.717) is 12.1 Å². The molecule has 108 valence electrons. The van der Waals surface area contributed by atoms with E-state index in [1.54, 1.807) is 5.56 Å². The van der Waals surface area contributed by atoms with Gasteiger partial charge >= 0.3 is 0 Å². The quantitative estimate of drug-likeness (QED) is 0.902. The molecule has 4 rings (SSSR count). The van der Waals surface area contributed by atoms with Crippen molar-refractivity contribution in [2.24, 2.45) is 0 Å². The maximum atomic E-state index is 3.56. The Morgan fingerprint density at radius 3 is 2.40 bits per heavy atom. The molecule has 1 saturated carbocycles. The normalized spacial score (nSPS) is 31.4. The summed E-state index contributed by atoms with van der Waals surface area (Å²) in [6.45, 7) is 5.03. The molecule has 3 nitrogen and oxygen atoms in total. The summed E-state index contributed by atoms with van der Waals surface area (Å²) in [5.74, 6) is 0. The van der Waals surface area contributed by atoms with E-state index in [1.165, 1.54) is 51.0 Å². The van der Waals surface area contributed by atoms with Crippen LogP contribution in [0.3, 0.4) is 0 Å². The van der Waals surface area contributed by atoms with Crippen molar-refractivity contribution in [3.63, 3.8) is 0 Å². The van der Waals surface area contributed by atoms with Gasteiger partial charge in [0.05, 0.1) is 0 Å². The summed E-state index contributed by atoms with van der Waals surface area (Å²) in [4.78, 5) is 5.42. The molecule has 1 aliphatic heterocycles. The van der Waals surface area contributed by atoms with Gasteiger partial charge < -0.3 is 5.32 Å². The predicted octanol–water partition coefficient (Wildman–Crippen LogP) is 1.65. The fourth-order valence-electron chi connectivity index (χ4n) is 4.14. The molecule has 0 amide bonds. The maximum Gasteiger partial charge on any atom is 0.0481 e. The van der Waals surface area contributed by atoms with Crippen LogP contribution in [0.4, 0.5) is 0 Å². The van der Waals surface area contributed by atoms with E-state index < -0.39 is 0 Å². The first-order valence-corrected chi connectivity index (χ1v) is 8.10. The van der Waals surface area contributed by atoms with Gasteiger partial charge in [-0.1, -0.05) is 24.3 Å². The summed E-state index contributed by atoms with van der Waals surface area (Å²) in [6.07, 6.45) is 4.09. The summed E-state index contributed by atoms with van der Waals surface area (Å²) in [5.41, 5.74) is 3.06. The predicted molar refractivity (Wildman–Crippen MR) is 81.9 cm³/mol. The Balaban J connectivity index is 1.47. The Hall–Kier alpha value is -0.900. The van der Waals surface area contributed by atoms with Crippen molar-refractivity contribution in [3.8, 4) is 0 Å². The Kier molecular flexibility index (Phi) is 3.29. The van der Waals surface area contributed by atoms with E-state index in [4.69, 9.17) is 0 Å². The lowest BCUT2D eigenvalue weighted by Gasteiger charge is -2.40. The van der Waals surface area contributed by atoms with E-state index in [1.807, 2.05) is 0 Å². The topological polar surface area (TPSA) is 18.5 Å². The molecular weight excluding hydrogens is 246 g/mol. The minimum absolute atomic E-state index is 0.513. The second-order valence-electron chi connectivity index (χ2n) is 6.54. The average molecular weight is 271 g/mol. The molecule has 0 spiro atoms. The molecule has 2 aliphatic carbocycles. The molecule has 0 radical (unpaired) electrons. The Morgan fingerprint density at radius 2 is 1.70 bits per heavy atom. The highest BCUT2D eigenvalue weighted by molar-refractivity contribution is 5.37. The van der Waals surface area contributed by atoms with Crippen LogP contribution in [0, 0.1) is 0 Å². The van der Waals surface area contributed by atoms with Crippen LogP contribution >= 0.6 is 0 Å². The first kappa shape index (κ1) is 12.8. The summed E-state index contributed by atoms with van der Waals surface area (Å²) in [6, 6.07) is 11.1. The van der Waals surface area contributed by atoms with Crippen LogP contribution in [-0.4, -0.2) is 55.1 Å². The minimum atomic E-state index is 0.513. The van der Waals surface area contributed by atoms with Gasteiger partial charge in [-0.3, -0.25) is 9.80 Å². The Bertz CT molecular complexity index is 475. The molecule has 2 fully saturated rings. The van der Waals surface area contributed by atoms with Crippen molar-refractivity contribution < 1.29 is 0 Å². The summed E-state index contributed by atoms with van der Waals surface area (Å²) >= 11 is 0. The van der Waals surface area contributed by atoms with Gasteiger partial charge in [-0.05, 0) is 37.4 Å². The lowest BCUT2D eigenvalue weighted by molar-refractivity contribution is 0.0807. The molecule has 20 heavy (non-hydrogen) atoms. The fraction of sp³-hybridized carbons (Fsp3) is 0.647. The van der Waals surface area contributed by atoms with Gasteiger partial charge in [0.2, 0.25) is 0 Å². The highest BCUT2D eigenvalue weighted by atomic mass is 15.3. The molecule has 1 aromatic rings. The number of likely N-dealkylation sites (N-methyl/N-ethyl adjacent to an activating group) is 1. The van der Waals surface area contributed by atoms with Crippen LogP contribution in [0.2, 0.25) is 0 Å². The fourth-order valence-corrected chi connectivity index (χ4v) is 4.14. The van der Waals surface area contributed by atoms with E-state index in [0.717, 1.165) is 6.04 Å². The number of hydrogen-bond acceptors (Lipinski definition) is 3. The summed E-state index contributed by atoms with van der Waals surface area (Å²) in [7, 11) is 2.11. The van der Waals surface area contributed by atoms with Crippen molar-refractivity contribution in [2.75, 3.05) is 33.2 Å². The third-order valence-electron chi connectivity index (χ3n) is 5.40. The van der Waals surface area contributed by atoms with E-state index in [-0.39, 0.29) is 0 Å². The molecule has 1 heterocycles. The summed E-state index contributed by atoms with van der Waals surface area (Å²) < 4.78 is 0. The lowest BCUT2D eigenvalue weighted by Crippen LogP contribution is -2.53. The van der Waals surface area contributed by atoms with Gasteiger partial charge in [0, 0.05) is 44.3 Å². The van der Waals surface area contributed by atoms with Crippen LogP contribution in [0.5, 0.6) is 0 Å². The zero-order valence-electron chi connectivity index (χ0n) is 12.4. The molecule has 0 aromatic heterocycles. The second-order valence-corrected chi connectivity index (χ2v) is 6.54. The third-order valence-corrected chi connectivity index (χ3v) is 5.40. The monoisotopic (exact) mass is 271 g/mol. The summed E-state index contributed by atoms with van der Waals surface area (Å²) in [5, 5.41) is 3.56. The van der Waals surface area contributed by atoms with Gasteiger partial charge in [-0.2, -0.15) is 0 Å². The number of hydrogen-bond donors (Lipinski definition) is 1. The molecule has 3 aliphatic rings. The van der Waals surface area contributed by atoms with Crippen LogP contribution < -0.4 is 5.32 Å². The number of nitrogens with zero attached hydrogens (tertiary/aromatic N) is 2. The maximum absolute atomic E-state index is 3.56. The zero-order chi connectivity index (χ0) is 13.5. The third kappa shape index (κ3) is 2.18. The van der Waals surface area contributed by atoms with Gasteiger partial charge in [-0.25, -0.2) is 0 Å². The number of benzene rings is 1. The highest BCUT2D eigenvalue weighted by Crippen LogP contribution is 2.35. The van der Waals surface area contributed by atoms with Gasteiger partial charge in [-0.15, -0.1) is 0 Å². The van der Waals surface area contributed by atoms with E-state index in [9.17, 15) is 0 Å². The molecule has 1 saturated heterocycles. The number of nitrogens with one attached hydrogen (secondary N) is 1. The standard InChI is InChI=1S/C17H25N3/c1-18-17-15-5-3-2-4-13(15)12-16(17)20-10-8-19(9-11-20)14-6-7-14/h2-5,14,16-18H,6-12H2,1H3. The van der Waals surface area contributed by atoms with Crippen molar-refractivity contribution in [2.45, 2.75) is 37.4 Å². The number of fused-ring (bicyclic) bond motifs is 1. The Morgan fingerprint density at radius 1 is 1.00 bits per heavy atom. The zero-order valence-corrected chi connectivity index (χ0v) is 12.4. The van der Waals surface area contributed by atoms with Crippen LogP contribution in [0.25, 0.3) is 0 Å². The number of rotatable bonds is 3. The average Bonchev–Trinajstić information content (AvgIpc) is 3.28. The molecule has 1 N–H and O–H groups in total. The van der Waals surface area contributed by atoms with Crippen LogP contribution in [0.1, 0.15) is 30.0 Å². The van der Waals surface area contributed by atoms with Crippen LogP contribution in [-0.2, 0) is 6.42 Å². The van der Waals surface area contributed by atoms with Crippen molar-refractivity contribution in [1.82, 2.24) is 15.1 Å². The van der Waals surface area contributed by atoms with Gasteiger partial charge in [0.1, 0.15) is 0 Å². The van der Waals surface area contributed by atoms with Gasteiger partial charge in [0.25, 0.3) is 0 Å². The number of piperazine rings is 1. The van der Waals surface area contributed by atoms with Crippen LogP contribution in [0.15, 0.2) is 24.3 Å². The minimum Gasteiger partial charge on any atom is -0.312 e. The van der Waals surface area contributed by atoms with E-state index >= 15 is 0 Å². The first-order chi connectivity index (χ1) is 9.86. The largest absolute Gasteiger partial charge is 0.312 e. The SMILES string of the molecule is CNC1c2ccccc2CC1N1CCN(C2CC2)CC1. The molecule has 1 aromatic carbocycles. The first-order valence-electron chi connectivity index (χ1n) is 8.10. The molecule has 3 heteroatoms. The lowest BCUT2D eigenvalue weighted by atomic mass is 10.1. The van der Waals surface area contributed by atoms with E-state index in [2.05, 4.69) is 46.4 Å². The molecule has 2 atom stereocenters. The Labute approximate surface area is 121 Å². The smallest absolute Gasteiger partial charge is 0.0481 e. The second kappa shape index (κ2) is 5.14. The van der Waals surface area contributed by atoms with Crippen molar-refractivity contribution in [3.05, 3.63) is 35.4 Å². The highest BCUT2D eigenvalue weighted by Gasteiger charge is 2.38. The molecule has 2 unspecified atom stereocenters. The van der Waals surface area contributed by atoms with Crippen molar-refractivity contribution >= 4 is 0 Å². The van der Waals surface area contributed by atoms with Gasteiger partial charge in [0.15, 0.2) is 0 Å². The molecule has 0 bridgehead atoms. The van der Waals surface area contributed by atoms with Crippen molar-refractivity contribution in [1.29, 1.82) is 0 Å². The molecular formula is C17H25N3.